The van der Waals surface area contributed by atoms with E-state index in [0.29, 0.717) is 0 Å². The fraction of sp³-hybridized carbons (Fsp3) is 0.286. The molecule has 0 atom stereocenters. The molecule has 0 aliphatic rings. The number of benzene rings is 2. The van der Waals surface area contributed by atoms with Crippen molar-refractivity contribution < 1.29 is 0 Å². The summed E-state index contributed by atoms with van der Waals surface area (Å²) < 4.78 is 0. The van der Waals surface area contributed by atoms with Gasteiger partial charge in [-0.3, -0.25) is 0 Å². The van der Waals surface area contributed by atoms with E-state index < -0.39 is 0 Å². The van der Waals surface area contributed by atoms with Crippen LogP contribution >= 0.6 is 12.2 Å². The average molecular weight is 308 g/mol. The normalized spacial score (nSPS) is 11.0. The Morgan fingerprint density at radius 1 is 1.00 bits per heavy atom. The summed E-state index contributed by atoms with van der Waals surface area (Å²) in [6.45, 7) is 4.39. The van der Waals surface area contributed by atoms with Crippen LogP contribution in [0.2, 0.25) is 0 Å². The van der Waals surface area contributed by atoms with Gasteiger partial charge in [-0.05, 0) is 47.6 Å². The summed E-state index contributed by atoms with van der Waals surface area (Å²) in [4.78, 5) is 0.890. The van der Waals surface area contributed by atoms with Crippen molar-refractivity contribution in [2.45, 2.75) is 39.5 Å². The van der Waals surface area contributed by atoms with E-state index in [1.54, 1.807) is 0 Å². The molecule has 0 aromatic heterocycles. The first-order chi connectivity index (χ1) is 10.7. The zero-order valence-corrected chi connectivity index (χ0v) is 14.3. The zero-order valence-electron chi connectivity index (χ0n) is 13.5. The van der Waals surface area contributed by atoms with Crippen LogP contribution in [0.15, 0.2) is 54.6 Å². The summed E-state index contributed by atoms with van der Waals surface area (Å²) in [6.07, 6.45) is 8.85. The van der Waals surface area contributed by atoms with E-state index in [4.69, 9.17) is 12.2 Å². The molecule has 0 heterocycles. The van der Waals surface area contributed by atoms with Crippen molar-refractivity contribution in [1.29, 1.82) is 0 Å². The number of allylic oxidation sites excluding steroid dienone is 1. The monoisotopic (exact) mass is 308 g/mol. The Kier molecular flexibility index (Phi) is 6.54. The lowest BCUT2D eigenvalue weighted by atomic mass is 10.0. The average Bonchev–Trinajstić information content (AvgIpc) is 2.58. The predicted octanol–water partition coefficient (Wildman–Crippen LogP) is 6.02. The maximum Gasteiger partial charge on any atom is 0.0449 e. The minimum Gasteiger partial charge on any atom is -0.0795 e. The van der Waals surface area contributed by atoms with Crippen LogP contribution in [0.3, 0.4) is 0 Å². The molecular weight excluding hydrogens is 284 g/mol. The second kappa shape index (κ2) is 8.65. The van der Waals surface area contributed by atoms with E-state index in [9.17, 15) is 0 Å². The smallest absolute Gasteiger partial charge is 0.0449 e. The van der Waals surface area contributed by atoms with Gasteiger partial charge in [0.15, 0.2) is 0 Å². The Morgan fingerprint density at radius 3 is 2.45 bits per heavy atom. The van der Waals surface area contributed by atoms with Crippen LogP contribution in [-0.4, -0.2) is 4.86 Å². The highest BCUT2D eigenvalue weighted by Crippen LogP contribution is 2.12. The van der Waals surface area contributed by atoms with E-state index in [1.165, 1.54) is 29.5 Å². The van der Waals surface area contributed by atoms with Gasteiger partial charge >= 0.3 is 0 Å². The number of unbranched alkanes of at least 4 members (excludes halogenated alkanes) is 1. The SMILES string of the molecule is CCCCc1cccc(C=CC(=S)c2ccc(CC)cc2)c1. The van der Waals surface area contributed by atoms with Crippen LogP contribution in [-0.2, 0) is 12.8 Å². The summed E-state index contributed by atoms with van der Waals surface area (Å²) in [7, 11) is 0. The van der Waals surface area contributed by atoms with Crippen LogP contribution in [0, 0.1) is 0 Å². The first kappa shape index (κ1) is 16.6. The molecule has 0 N–H and O–H groups in total. The number of aryl methyl sites for hydroxylation is 2. The van der Waals surface area contributed by atoms with Gasteiger partial charge in [0.05, 0.1) is 0 Å². The van der Waals surface area contributed by atoms with Crippen molar-refractivity contribution in [3.8, 4) is 0 Å². The standard InChI is InChI=1S/C21H24S/c1-3-5-7-18-8-6-9-19(16-18)12-15-21(22)20-13-10-17(4-2)11-14-20/h6,8-16H,3-5,7H2,1-2H3. The first-order valence-corrected chi connectivity index (χ1v) is 8.54. The summed E-state index contributed by atoms with van der Waals surface area (Å²) in [6, 6.07) is 17.3. The summed E-state index contributed by atoms with van der Waals surface area (Å²) in [5.41, 5.74) is 5.09. The number of thiocarbonyl (C=S) groups is 1. The van der Waals surface area contributed by atoms with Gasteiger partial charge in [0.25, 0.3) is 0 Å². The lowest BCUT2D eigenvalue weighted by Gasteiger charge is -2.03. The lowest BCUT2D eigenvalue weighted by Crippen LogP contribution is -1.93. The van der Waals surface area contributed by atoms with E-state index in [1.807, 2.05) is 6.08 Å². The molecular formula is C21H24S. The van der Waals surface area contributed by atoms with E-state index in [-0.39, 0.29) is 0 Å². The van der Waals surface area contributed by atoms with Crippen LogP contribution in [0.5, 0.6) is 0 Å². The predicted molar refractivity (Wildman–Crippen MR) is 102 cm³/mol. The van der Waals surface area contributed by atoms with Crippen LogP contribution in [0.1, 0.15) is 48.9 Å². The molecule has 0 unspecified atom stereocenters. The maximum atomic E-state index is 5.52. The largest absolute Gasteiger partial charge is 0.0795 e. The molecule has 114 valence electrons. The minimum absolute atomic E-state index is 0.890. The van der Waals surface area contributed by atoms with Gasteiger partial charge in [-0.1, -0.05) is 87.1 Å². The Labute approximate surface area is 139 Å². The molecule has 0 nitrogen and oxygen atoms in total. The van der Waals surface area contributed by atoms with Crippen molar-refractivity contribution in [3.05, 3.63) is 76.9 Å². The lowest BCUT2D eigenvalue weighted by molar-refractivity contribution is 0.795. The molecule has 1 heteroatoms. The molecule has 0 aliphatic carbocycles. The van der Waals surface area contributed by atoms with Crippen molar-refractivity contribution in [3.63, 3.8) is 0 Å². The fourth-order valence-electron chi connectivity index (χ4n) is 2.41. The topological polar surface area (TPSA) is 0 Å². The molecule has 0 bridgehead atoms. The highest BCUT2D eigenvalue weighted by atomic mass is 32.1. The van der Waals surface area contributed by atoms with Gasteiger partial charge in [0.1, 0.15) is 0 Å². The van der Waals surface area contributed by atoms with Gasteiger partial charge < -0.3 is 0 Å². The Morgan fingerprint density at radius 2 is 1.77 bits per heavy atom. The molecule has 2 aromatic rings. The third-order valence-corrected chi connectivity index (χ3v) is 4.22. The molecule has 2 aromatic carbocycles. The minimum atomic E-state index is 0.890. The van der Waals surface area contributed by atoms with Crippen molar-refractivity contribution in [2.75, 3.05) is 0 Å². The fourth-order valence-corrected chi connectivity index (χ4v) is 2.61. The Hall–Kier alpha value is -1.73. The third-order valence-electron chi connectivity index (χ3n) is 3.84. The van der Waals surface area contributed by atoms with Gasteiger partial charge in [0, 0.05) is 4.86 Å². The second-order valence-corrected chi connectivity index (χ2v) is 6.04. The highest BCUT2D eigenvalue weighted by Gasteiger charge is 1.98. The first-order valence-electron chi connectivity index (χ1n) is 8.13. The van der Waals surface area contributed by atoms with Crippen molar-refractivity contribution >= 4 is 23.2 Å². The van der Waals surface area contributed by atoms with Gasteiger partial charge in [-0.25, -0.2) is 0 Å². The van der Waals surface area contributed by atoms with Crippen LogP contribution < -0.4 is 0 Å². The van der Waals surface area contributed by atoms with Crippen LogP contribution in [0.4, 0.5) is 0 Å². The second-order valence-electron chi connectivity index (χ2n) is 5.60. The van der Waals surface area contributed by atoms with Crippen molar-refractivity contribution in [1.82, 2.24) is 0 Å². The van der Waals surface area contributed by atoms with Crippen molar-refractivity contribution in [2.24, 2.45) is 0 Å². The van der Waals surface area contributed by atoms with Gasteiger partial charge in [0.2, 0.25) is 0 Å². The third kappa shape index (κ3) is 4.92. The Balaban J connectivity index is 2.05. The molecule has 22 heavy (non-hydrogen) atoms. The van der Waals surface area contributed by atoms with Gasteiger partial charge in [-0.2, -0.15) is 0 Å². The highest BCUT2D eigenvalue weighted by molar-refractivity contribution is 7.81. The number of hydrogen-bond acceptors (Lipinski definition) is 1. The molecule has 0 saturated carbocycles. The summed E-state index contributed by atoms with van der Waals surface area (Å²) in [5.74, 6) is 0. The maximum absolute atomic E-state index is 5.52. The summed E-state index contributed by atoms with van der Waals surface area (Å²) in [5, 5.41) is 0. The van der Waals surface area contributed by atoms with Crippen LogP contribution in [0.25, 0.3) is 6.08 Å². The molecule has 0 fully saturated rings. The zero-order chi connectivity index (χ0) is 15.8. The molecule has 0 radical (unpaired) electrons. The molecule has 0 amide bonds. The summed E-state index contributed by atoms with van der Waals surface area (Å²) >= 11 is 5.52. The quantitative estimate of drug-likeness (QED) is 0.342. The van der Waals surface area contributed by atoms with E-state index >= 15 is 0 Å². The van der Waals surface area contributed by atoms with E-state index in [0.717, 1.165) is 23.3 Å². The Bertz CT molecular complexity index is 635. The van der Waals surface area contributed by atoms with E-state index in [2.05, 4.69) is 68.5 Å². The number of rotatable bonds is 7. The molecule has 0 saturated heterocycles. The van der Waals surface area contributed by atoms with Gasteiger partial charge in [-0.15, -0.1) is 0 Å². The molecule has 0 spiro atoms. The number of hydrogen-bond donors (Lipinski definition) is 0. The molecule has 0 aliphatic heterocycles. The molecule has 2 rings (SSSR count).